The zero-order valence-corrected chi connectivity index (χ0v) is 9.53. The van der Waals surface area contributed by atoms with Crippen molar-refractivity contribution < 1.29 is 0 Å². The van der Waals surface area contributed by atoms with Crippen LogP contribution in [-0.2, 0) is 12.8 Å². The molecule has 0 amide bonds. The molecular formula is C12H19N3. The molecule has 0 aromatic carbocycles. The number of aromatic nitrogens is 2. The van der Waals surface area contributed by atoms with Crippen molar-refractivity contribution in [2.45, 2.75) is 45.6 Å². The first-order valence-electron chi connectivity index (χ1n) is 5.78. The Labute approximate surface area is 91.1 Å². The maximum absolute atomic E-state index is 6.17. The fraction of sp³-hybridized carbons (Fsp3) is 0.667. The minimum absolute atomic E-state index is 0.0554. The minimum Gasteiger partial charge on any atom is -0.322 e. The molecule has 1 aliphatic carbocycles. The maximum atomic E-state index is 6.17. The molecule has 1 aromatic rings. The van der Waals surface area contributed by atoms with Gasteiger partial charge in [0, 0.05) is 11.7 Å². The fourth-order valence-electron chi connectivity index (χ4n) is 2.15. The summed E-state index contributed by atoms with van der Waals surface area (Å²) in [6.07, 6.45) is 6.36. The highest BCUT2D eigenvalue weighted by Gasteiger charge is 2.21. The standard InChI is InChI=1S/C12H19N3/c1-8(2)11(13)12-9-5-3-4-6-10(9)14-7-15-12/h7-8,11H,3-6,13H2,1-2H3/t11-/m0/s1. The van der Waals surface area contributed by atoms with Crippen molar-refractivity contribution in [3.8, 4) is 0 Å². The average Bonchev–Trinajstić information content (AvgIpc) is 2.27. The molecule has 1 aromatic heterocycles. The number of hydrogen-bond donors (Lipinski definition) is 1. The third-order valence-corrected chi connectivity index (χ3v) is 3.19. The van der Waals surface area contributed by atoms with Gasteiger partial charge in [-0.2, -0.15) is 0 Å². The molecule has 0 saturated heterocycles. The molecule has 0 fully saturated rings. The van der Waals surface area contributed by atoms with Crippen LogP contribution >= 0.6 is 0 Å². The van der Waals surface area contributed by atoms with E-state index in [2.05, 4.69) is 23.8 Å². The quantitative estimate of drug-likeness (QED) is 0.803. The lowest BCUT2D eigenvalue weighted by Crippen LogP contribution is -2.22. The van der Waals surface area contributed by atoms with Crippen LogP contribution in [0.4, 0.5) is 0 Å². The molecule has 0 spiro atoms. The number of fused-ring (bicyclic) bond motifs is 1. The zero-order chi connectivity index (χ0) is 10.8. The third-order valence-electron chi connectivity index (χ3n) is 3.19. The van der Waals surface area contributed by atoms with Gasteiger partial charge in [-0.1, -0.05) is 13.8 Å². The topological polar surface area (TPSA) is 51.8 Å². The molecule has 0 bridgehead atoms. The van der Waals surface area contributed by atoms with E-state index in [1.54, 1.807) is 6.33 Å². The summed E-state index contributed by atoms with van der Waals surface area (Å²) < 4.78 is 0. The Morgan fingerprint density at radius 3 is 2.67 bits per heavy atom. The molecule has 82 valence electrons. The molecule has 1 atom stereocenters. The summed E-state index contributed by atoms with van der Waals surface area (Å²) in [6.45, 7) is 4.28. The molecule has 0 unspecified atom stereocenters. The fourth-order valence-corrected chi connectivity index (χ4v) is 2.15. The van der Waals surface area contributed by atoms with Crippen LogP contribution in [0.15, 0.2) is 6.33 Å². The summed E-state index contributed by atoms with van der Waals surface area (Å²) in [5, 5.41) is 0. The van der Waals surface area contributed by atoms with Crippen molar-refractivity contribution >= 4 is 0 Å². The van der Waals surface area contributed by atoms with E-state index in [1.807, 2.05) is 0 Å². The molecule has 2 rings (SSSR count). The van der Waals surface area contributed by atoms with Gasteiger partial charge in [-0.25, -0.2) is 9.97 Å². The van der Waals surface area contributed by atoms with Crippen LogP contribution in [0.5, 0.6) is 0 Å². The van der Waals surface area contributed by atoms with Gasteiger partial charge in [-0.15, -0.1) is 0 Å². The van der Waals surface area contributed by atoms with E-state index in [1.165, 1.54) is 24.1 Å². The molecular weight excluding hydrogens is 186 g/mol. The van der Waals surface area contributed by atoms with Crippen molar-refractivity contribution in [3.05, 3.63) is 23.3 Å². The predicted octanol–water partition coefficient (Wildman–Crippen LogP) is 2.01. The van der Waals surface area contributed by atoms with Gasteiger partial charge in [0.1, 0.15) is 6.33 Å². The summed E-state index contributed by atoms with van der Waals surface area (Å²) in [5.74, 6) is 0.436. The molecule has 2 N–H and O–H groups in total. The van der Waals surface area contributed by atoms with E-state index in [4.69, 9.17) is 5.73 Å². The van der Waals surface area contributed by atoms with Gasteiger partial charge in [0.25, 0.3) is 0 Å². The Morgan fingerprint density at radius 2 is 1.93 bits per heavy atom. The Balaban J connectivity index is 2.39. The molecule has 0 radical (unpaired) electrons. The summed E-state index contributed by atoms with van der Waals surface area (Å²) in [5.41, 5.74) is 9.80. The first kappa shape index (κ1) is 10.6. The Hall–Kier alpha value is -0.960. The van der Waals surface area contributed by atoms with E-state index in [0.717, 1.165) is 18.5 Å². The largest absolute Gasteiger partial charge is 0.322 e. The highest BCUT2D eigenvalue weighted by Crippen LogP contribution is 2.27. The van der Waals surface area contributed by atoms with Crippen molar-refractivity contribution in [3.63, 3.8) is 0 Å². The summed E-state index contributed by atoms with van der Waals surface area (Å²) >= 11 is 0. The molecule has 0 saturated carbocycles. The van der Waals surface area contributed by atoms with Crippen molar-refractivity contribution in [1.29, 1.82) is 0 Å². The van der Waals surface area contributed by atoms with Crippen LogP contribution < -0.4 is 5.73 Å². The lowest BCUT2D eigenvalue weighted by atomic mass is 9.90. The van der Waals surface area contributed by atoms with Gasteiger partial charge in [-0.3, -0.25) is 0 Å². The van der Waals surface area contributed by atoms with Crippen molar-refractivity contribution in [2.75, 3.05) is 0 Å². The second kappa shape index (κ2) is 4.27. The van der Waals surface area contributed by atoms with Crippen LogP contribution in [0.3, 0.4) is 0 Å². The monoisotopic (exact) mass is 205 g/mol. The van der Waals surface area contributed by atoms with Gasteiger partial charge in [0.05, 0.1) is 5.69 Å². The van der Waals surface area contributed by atoms with Crippen LogP contribution in [0.2, 0.25) is 0 Å². The van der Waals surface area contributed by atoms with Gasteiger partial charge in [0.15, 0.2) is 0 Å². The van der Waals surface area contributed by atoms with Gasteiger partial charge < -0.3 is 5.73 Å². The lowest BCUT2D eigenvalue weighted by Gasteiger charge is -2.22. The molecule has 15 heavy (non-hydrogen) atoms. The van der Waals surface area contributed by atoms with E-state index in [0.29, 0.717) is 5.92 Å². The maximum Gasteiger partial charge on any atom is 0.116 e. The predicted molar refractivity (Wildman–Crippen MR) is 60.4 cm³/mol. The van der Waals surface area contributed by atoms with Crippen molar-refractivity contribution in [2.24, 2.45) is 11.7 Å². The lowest BCUT2D eigenvalue weighted by molar-refractivity contribution is 0.491. The normalized spacial score (nSPS) is 17.6. The van der Waals surface area contributed by atoms with Gasteiger partial charge >= 0.3 is 0 Å². The molecule has 1 aliphatic rings. The smallest absolute Gasteiger partial charge is 0.116 e. The Morgan fingerprint density at radius 1 is 1.20 bits per heavy atom. The minimum atomic E-state index is 0.0554. The number of aryl methyl sites for hydroxylation is 1. The average molecular weight is 205 g/mol. The van der Waals surface area contributed by atoms with Crippen LogP contribution in [0, 0.1) is 5.92 Å². The SMILES string of the molecule is CC(C)[C@H](N)c1ncnc2c1CCCC2. The van der Waals surface area contributed by atoms with E-state index in [-0.39, 0.29) is 6.04 Å². The number of rotatable bonds is 2. The highest BCUT2D eigenvalue weighted by atomic mass is 14.9. The molecule has 1 heterocycles. The van der Waals surface area contributed by atoms with Crippen molar-refractivity contribution in [1.82, 2.24) is 9.97 Å². The number of hydrogen-bond acceptors (Lipinski definition) is 3. The second-order valence-electron chi connectivity index (χ2n) is 4.66. The first-order chi connectivity index (χ1) is 7.20. The Kier molecular flexibility index (Phi) is 3.00. The van der Waals surface area contributed by atoms with E-state index >= 15 is 0 Å². The summed E-state index contributed by atoms with van der Waals surface area (Å²) in [4.78, 5) is 8.73. The number of nitrogens with zero attached hydrogens (tertiary/aromatic N) is 2. The molecule has 3 heteroatoms. The van der Waals surface area contributed by atoms with E-state index < -0.39 is 0 Å². The summed E-state index contributed by atoms with van der Waals surface area (Å²) in [7, 11) is 0. The number of nitrogens with two attached hydrogens (primary N) is 1. The first-order valence-corrected chi connectivity index (χ1v) is 5.78. The zero-order valence-electron chi connectivity index (χ0n) is 9.53. The summed E-state index contributed by atoms with van der Waals surface area (Å²) in [6, 6.07) is 0.0554. The third kappa shape index (κ3) is 2.02. The van der Waals surface area contributed by atoms with E-state index in [9.17, 15) is 0 Å². The van der Waals surface area contributed by atoms with Crippen LogP contribution in [-0.4, -0.2) is 9.97 Å². The second-order valence-corrected chi connectivity index (χ2v) is 4.66. The molecule has 0 aliphatic heterocycles. The van der Waals surface area contributed by atoms with Crippen LogP contribution in [0.1, 0.15) is 49.7 Å². The Bertz CT molecular complexity index is 347. The van der Waals surface area contributed by atoms with Gasteiger partial charge in [0.2, 0.25) is 0 Å². The molecule has 3 nitrogen and oxygen atoms in total. The van der Waals surface area contributed by atoms with Crippen LogP contribution in [0.25, 0.3) is 0 Å². The highest BCUT2D eigenvalue weighted by molar-refractivity contribution is 5.29. The van der Waals surface area contributed by atoms with Gasteiger partial charge in [-0.05, 0) is 37.2 Å².